The van der Waals surface area contributed by atoms with E-state index in [1.165, 1.54) is 11.3 Å². The van der Waals surface area contributed by atoms with Crippen LogP contribution in [0.2, 0.25) is 0 Å². The summed E-state index contributed by atoms with van der Waals surface area (Å²) in [6.45, 7) is 2.71. The van der Waals surface area contributed by atoms with E-state index in [1.54, 1.807) is 4.90 Å². The molecule has 2 heterocycles. The summed E-state index contributed by atoms with van der Waals surface area (Å²) in [7, 11) is 0. The lowest BCUT2D eigenvalue weighted by Gasteiger charge is -2.14. The van der Waals surface area contributed by atoms with Crippen molar-refractivity contribution < 1.29 is 14.7 Å². The van der Waals surface area contributed by atoms with E-state index in [1.807, 2.05) is 37.3 Å². The second-order valence-electron chi connectivity index (χ2n) is 5.28. The van der Waals surface area contributed by atoms with E-state index in [4.69, 9.17) is 5.11 Å². The van der Waals surface area contributed by atoms with Gasteiger partial charge in [0.05, 0.1) is 10.8 Å². The van der Waals surface area contributed by atoms with Gasteiger partial charge in [0.25, 0.3) is 5.91 Å². The number of benzene rings is 1. The predicted octanol–water partition coefficient (Wildman–Crippen LogP) is 2.69. The third kappa shape index (κ3) is 2.18. The minimum atomic E-state index is -0.816. The number of hydrogen-bond donors (Lipinski definition) is 1. The molecule has 2 atom stereocenters. The molecule has 1 aliphatic rings. The smallest absolute Gasteiger partial charge is 0.308 e. The summed E-state index contributed by atoms with van der Waals surface area (Å²) in [6.07, 6.45) is 0. The summed E-state index contributed by atoms with van der Waals surface area (Å²) in [6, 6.07) is 9.76. The molecule has 1 aliphatic heterocycles. The SMILES string of the molecule is C[C@@H]1CN(C(=O)c2cc3ccccc3s2)C[C@H]1C(=O)O. The highest BCUT2D eigenvalue weighted by Crippen LogP contribution is 2.29. The second-order valence-corrected chi connectivity index (χ2v) is 6.36. The van der Waals surface area contributed by atoms with E-state index in [2.05, 4.69) is 0 Å². The van der Waals surface area contributed by atoms with Gasteiger partial charge in [0, 0.05) is 17.8 Å². The highest BCUT2D eigenvalue weighted by atomic mass is 32.1. The van der Waals surface area contributed by atoms with Crippen LogP contribution in [0.4, 0.5) is 0 Å². The van der Waals surface area contributed by atoms with Gasteiger partial charge >= 0.3 is 5.97 Å². The highest BCUT2D eigenvalue weighted by molar-refractivity contribution is 7.20. The molecule has 1 amide bonds. The molecule has 0 radical (unpaired) electrons. The fourth-order valence-electron chi connectivity index (χ4n) is 2.70. The van der Waals surface area contributed by atoms with Gasteiger partial charge in [-0.05, 0) is 23.4 Å². The molecule has 2 aromatic rings. The normalized spacial score (nSPS) is 22.4. The molecule has 4 nitrogen and oxygen atoms in total. The molecule has 1 aromatic carbocycles. The molecule has 0 unspecified atom stereocenters. The number of amides is 1. The first-order valence-electron chi connectivity index (χ1n) is 6.57. The summed E-state index contributed by atoms with van der Waals surface area (Å²) >= 11 is 1.46. The standard InChI is InChI=1S/C15H15NO3S/c1-9-7-16(8-11(9)15(18)19)14(17)13-6-10-4-2-3-5-12(10)20-13/h2-6,9,11H,7-8H2,1H3,(H,18,19)/t9-,11-/m1/s1. The van der Waals surface area contributed by atoms with Crippen LogP contribution in [0.3, 0.4) is 0 Å². The summed E-state index contributed by atoms with van der Waals surface area (Å²) in [5, 5.41) is 10.2. The van der Waals surface area contributed by atoms with Gasteiger partial charge in [-0.15, -0.1) is 11.3 Å². The molecule has 104 valence electrons. The Kier molecular flexibility index (Phi) is 3.22. The van der Waals surface area contributed by atoms with E-state index in [0.29, 0.717) is 18.0 Å². The lowest BCUT2D eigenvalue weighted by Crippen LogP contribution is -2.29. The van der Waals surface area contributed by atoms with Crippen molar-refractivity contribution in [3.05, 3.63) is 35.2 Å². The van der Waals surface area contributed by atoms with E-state index < -0.39 is 11.9 Å². The monoisotopic (exact) mass is 289 g/mol. The molecule has 1 saturated heterocycles. The van der Waals surface area contributed by atoms with Crippen LogP contribution >= 0.6 is 11.3 Å². The molecule has 1 aromatic heterocycles. The van der Waals surface area contributed by atoms with Gasteiger partial charge in [0.1, 0.15) is 0 Å². The Balaban J connectivity index is 1.84. The van der Waals surface area contributed by atoms with Crippen LogP contribution in [0.15, 0.2) is 30.3 Å². The fourth-order valence-corrected chi connectivity index (χ4v) is 3.73. The number of hydrogen-bond acceptors (Lipinski definition) is 3. The van der Waals surface area contributed by atoms with Gasteiger partial charge in [-0.3, -0.25) is 9.59 Å². The maximum atomic E-state index is 12.5. The molecule has 20 heavy (non-hydrogen) atoms. The van der Waals surface area contributed by atoms with Crippen molar-refractivity contribution in [3.8, 4) is 0 Å². The predicted molar refractivity (Wildman–Crippen MR) is 78.0 cm³/mol. The maximum Gasteiger partial charge on any atom is 0.308 e. The van der Waals surface area contributed by atoms with Crippen molar-refractivity contribution in [2.45, 2.75) is 6.92 Å². The summed E-state index contributed by atoms with van der Waals surface area (Å²) in [5.74, 6) is -1.31. The maximum absolute atomic E-state index is 12.5. The lowest BCUT2D eigenvalue weighted by atomic mass is 9.99. The Morgan fingerprint density at radius 1 is 1.30 bits per heavy atom. The van der Waals surface area contributed by atoms with Gasteiger partial charge in [-0.1, -0.05) is 25.1 Å². The van der Waals surface area contributed by atoms with Gasteiger partial charge in [0.2, 0.25) is 0 Å². The zero-order valence-corrected chi connectivity index (χ0v) is 11.9. The van der Waals surface area contributed by atoms with Gasteiger partial charge in [0.15, 0.2) is 0 Å². The van der Waals surface area contributed by atoms with Crippen molar-refractivity contribution in [1.82, 2.24) is 4.90 Å². The van der Waals surface area contributed by atoms with Crippen LogP contribution in [0, 0.1) is 11.8 Å². The molecule has 0 saturated carbocycles. The Hall–Kier alpha value is -1.88. The lowest BCUT2D eigenvalue weighted by molar-refractivity contribution is -0.142. The number of nitrogens with zero attached hydrogens (tertiary/aromatic N) is 1. The van der Waals surface area contributed by atoms with Crippen LogP contribution in [-0.2, 0) is 4.79 Å². The first kappa shape index (κ1) is 13.1. The third-order valence-corrected chi connectivity index (χ3v) is 4.96. The minimum absolute atomic E-state index is 0.00540. The first-order valence-corrected chi connectivity index (χ1v) is 7.38. The van der Waals surface area contributed by atoms with E-state index >= 15 is 0 Å². The number of fused-ring (bicyclic) bond motifs is 1. The van der Waals surface area contributed by atoms with E-state index in [9.17, 15) is 9.59 Å². The number of rotatable bonds is 2. The topological polar surface area (TPSA) is 57.6 Å². The molecule has 0 spiro atoms. The number of carboxylic acid groups (broad SMARTS) is 1. The third-order valence-electron chi connectivity index (χ3n) is 3.85. The van der Waals surface area contributed by atoms with E-state index in [-0.39, 0.29) is 11.8 Å². The van der Waals surface area contributed by atoms with Crippen molar-refractivity contribution >= 4 is 33.3 Å². The molecule has 1 N–H and O–H groups in total. The van der Waals surface area contributed by atoms with Crippen molar-refractivity contribution in [1.29, 1.82) is 0 Å². The molecule has 5 heteroatoms. The van der Waals surface area contributed by atoms with Gasteiger partial charge < -0.3 is 10.0 Å². The Labute approximate surface area is 120 Å². The van der Waals surface area contributed by atoms with Crippen LogP contribution in [0.5, 0.6) is 0 Å². The highest BCUT2D eigenvalue weighted by Gasteiger charge is 2.37. The van der Waals surface area contributed by atoms with Crippen molar-refractivity contribution in [3.63, 3.8) is 0 Å². The van der Waals surface area contributed by atoms with Crippen LogP contribution in [0.25, 0.3) is 10.1 Å². The first-order chi connectivity index (χ1) is 9.56. The molecule has 0 aliphatic carbocycles. The van der Waals surface area contributed by atoms with Crippen LogP contribution in [0.1, 0.15) is 16.6 Å². The quantitative estimate of drug-likeness (QED) is 0.924. The number of thiophene rings is 1. The van der Waals surface area contributed by atoms with Gasteiger partial charge in [-0.25, -0.2) is 0 Å². The van der Waals surface area contributed by atoms with Crippen molar-refractivity contribution in [2.24, 2.45) is 11.8 Å². The largest absolute Gasteiger partial charge is 0.481 e. The molecular formula is C15H15NO3S. The molecule has 1 fully saturated rings. The van der Waals surface area contributed by atoms with E-state index in [0.717, 1.165) is 10.1 Å². The average Bonchev–Trinajstić information content (AvgIpc) is 3.01. The Bertz CT molecular complexity index is 646. The second kappa shape index (κ2) is 4.90. The minimum Gasteiger partial charge on any atom is -0.481 e. The molecule has 3 rings (SSSR count). The summed E-state index contributed by atoms with van der Waals surface area (Å²) in [4.78, 5) is 25.9. The summed E-state index contributed by atoms with van der Waals surface area (Å²) < 4.78 is 1.08. The number of carbonyl (C=O) groups is 2. The van der Waals surface area contributed by atoms with Crippen LogP contribution < -0.4 is 0 Å². The van der Waals surface area contributed by atoms with Crippen LogP contribution in [-0.4, -0.2) is 35.0 Å². The Morgan fingerprint density at radius 2 is 2.05 bits per heavy atom. The molecular weight excluding hydrogens is 274 g/mol. The number of carboxylic acids is 1. The Morgan fingerprint density at radius 3 is 2.70 bits per heavy atom. The average molecular weight is 289 g/mol. The number of likely N-dealkylation sites (tertiary alicyclic amines) is 1. The van der Waals surface area contributed by atoms with Crippen molar-refractivity contribution in [2.75, 3.05) is 13.1 Å². The number of aliphatic carboxylic acids is 1. The zero-order chi connectivity index (χ0) is 14.3. The fraction of sp³-hybridized carbons (Fsp3) is 0.333. The summed E-state index contributed by atoms with van der Waals surface area (Å²) in [5.41, 5.74) is 0. The number of carbonyl (C=O) groups excluding carboxylic acids is 1. The molecule has 0 bridgehead atoms. The zero-order valence-electron chi connectivity index (χ0n) is 11.1. The van der Waals surface area contributed by atoms with Gasteiger partial charge in [-0.2, -0.15) is 0 Å².